The van der Waals surface area contributed by atoms with Crippen molar-refractivity contribution in [2.75, 3.05) is 19.9 Å². The first-order valence-corrected chi connectivity index (χ1v) is 12.2. The molecule has 9 heteroatoms. The lowest BCUT2D eigenvalue weighted by molar-refractivity contribution is 0.0606. The van der Waals surface area contributed by atoms with Gasteiger partial charge in [-0.2, -0.15) is 4.31 Å². The number of thiophene rings is 1. The number of ether oxygens (including phenoxy) is 3. The number of carbonyl (C=O) groups is 1. The Morgan fingerprint density at radius 3 is 2.80 bits per heavy atom. The molecule has 0 aromatic carbocycles. The van der Waals surface area contributed by atoms with Crippen molar-refractivity contribution in [1.82, 2.24) is 4.31 Å². The van der Waals surface area contributed by atoms with Crippen LogP contribution >= 0.6 is 11.3 Å². The summed E-state index contributed by atoms with van der Waals surface area (Å²) in [5, 5.41) is 0. The molecule has 0 saturated carbocycles. The van der Waals surface area contributed by atoms with E-state index in [9.17, 15) is 13.2 Å². The molecule has 0 saturated heterocycles. The summed E-state index contributed by atoms with van der Waals surface area (Å²) in [6, 6.07) is 3.04. The highest BCUT2D eigenvalue weighted by molar-refractivity contribution is 7.88. The Bertz CT molecular complexity index is 987. The summed E-state index contributed by atoms with van der Waals surface area (Å²) in [6.45, 7) is 0.306. The molecule has 0 amide bonds. The lowest BCUT2D eigenvalue weighted by Gasteiger charge is -2.33. The maximum atomic E-state index is 12.7. The van der Waals surface area contributed by atoms with Crippen molar-refractivity contribution in [1.29, 1.82) is 0 Å². The van der Waals surface area contributed by atoms with Gasteiger partial charge in [-0.3, -0.25) is 0 Å². The van der Waals surface area contributed by atoms with Crippen molar-refractivity contribution in [3.05, 3.63) is 70.2 Å². The summed E-state index contributed by atoms with van der Waals surface area (Å²) in [6.07, 6.45) is 14.2. The third-order valence-electron chi connectivity index (χ3n) is 4.75. The molecule has 2 aliphatic rings. The molecule has 1 aromatic heterocycles. The molecule has 0 fully saturated rings. The molecule has 1 unspecified atom stereocenters. The minimum absolute atomic E-state index is 0.306. The molecule has 1 aromatic rings. The van der Waals surface area contributed by atoms with Crippen LogP contribution in [0.1, 0.15) is 33.8 Å². The highest BCUT2D eigenvalue weighted by Crippen LogP contribution is 2.30. The summed E-state index contributed by atoms with van der Waals surface area (Å²) >= 11 is 1.36. The Morgan fingerprint density at radius 2 is 2.17 bits per heavy atom. The molecule has 0 bridgehead atoms. The van der Waals surface area contributed by atoms with E-state index in [1.165, 1.54) is 47.8 Å². The van der Waals surface area contributed by atoms with Crippen LogP contribution in [0, 0.1) is 0 Å². The van der Waals surface area contributed by atoms with Crippen LogP contribution in [0.5, 0.6) is 0 Å². The van der Waals surface area contributed by atoms with Crippen molar-refractivity contribution in [3.63, 3.8) is 0 Å². The number of carbonyl (C=O) groups excluding carboxylic acids is 1. The number of aryl methyl sites for hydroxylation is 1. The summed E-state index contributed by atoms with van der Waals surface area (Å²) in [7, 11) is -2.18. The molecule has 2 heterocycles. The van der Waals surface area contributed by atoms with Crippen molar-refractivity contribution >= 4 is 27.3 Å². The second-order valence-electron chi connectivity index (χ2n) is 6.89. The Labute approximate surface area is 181 Å². The van der Waals surface area contributed by atoms with Gasteiger partial charge in [0.05, 0.1) is 13.4 Å². The molecular weight excluding hydrogens is 426 g/mol. The minimum Gasteiger partial charge on any atom is -0.466 e. The van der Waals surface area contributed by atoms with Crippen LogP contribution in [0.25, 0.3) is 0 Å². The van der Waals surface area contributed by atoms with Gasteiger partial charge in [0.25, 0.3) is 0 Å². The largest absolute Gasteiger partial charge is 0.466 e. The number of allylic oxidation sites excluding steroid dienone is 3. The smallest absolute Gasteiger partial charge is 0.348 e. The second kappa shape index (κ2) is 10.1. The predicted octanol–water partition coefficient (Wildman–Crippen LogP) is 3.73. The first kappa shape index (κ1) is 22.3. The van der Waals surface area contributed by atoms with E-state index in [2.05, 4.69) is 0 Å². The van der Waals surface area contributed by atoms with Gasteiger partial charge in [0.15, 0.2) is 5.76 Å². The molecule has 30 heavy (non-hydrogen) atoms. The van der Waals surface area contributed by atoms with Crippen LogP contribution in [0.3, 0.4) is 0 Å². The van der Waals surface area contributed by atoms with E-state index >= 15 is 0 Å². The normalized spacial score (nSPS) is 17.0. The summed E-state index contributed by atoms with van der Waals surface area (Å²) in [5.74, 6) is 0.0735. The zero-order valence-corrected chi connectivity index (χ0v) is 18.6. The molecule has 7 nitrogen and oxygen atoms in total. The molecule has 3 rings (SSSR count). The molecular formula is C21H25NO6S2. The quantitative estimate of drug-likeness (QED) is 0.532. The second-order valence-corrected chi connectivity index (χ2v) is 10.00. The van der Waals surface area contributed by atoms with Crippen molar-refractivity contribution in [2.24, 2.45) is 0 Å². The zero-order valence-electron chi connectivity index (χ0n) is 16.9. The Morgan fingerprint density at radius 1 is 1.33 bits per heavy atom. The fraction of sp³-hybridized carbons (Fsp3) is 0.381. The first-order valence-electron chi connectivity index (χ1n) is 9.57. The molecule has 1 atom stereocenters. The maximum Gasteiger partial charge on any atom is 0.348 e. The van der Waals surface area contributed by atoms with Gasteiger partial charge in [-0.15, -0.1) is 11.3 Å². The predicted molar refractivity (Wildman–Crippen MR) is 115 cm³/mol. The van der Waals surface area contributed by atoms with E-state index in [0.29, 0.717) is 30.0 Å². The lowest BCUT2D eigenvalue weighted by Crippen LogP contribution is -2.43. The summed E-state index contributed by atoms with van der Waals surface area (Å²) < 4.78 is 42.5. The van der Waals surface area contributed by atoms with Gasteiger partial charge in [0, 0.05) is 11.4 Å². The Hall–Kier alpha value is -2.36. The highest BCUT2D eigenvalue weighted by Gasteiger charge is 2.34. The van der Waals surface area contributed by atoms with E-state index in [1.807, 2.05) is 24.3 Å². The van der Waals surface area contributed by atoms with Crippen LogP contribution in [-0.2, 0) is 30.7 Å². The monoisotopic (exact) mass is 451 g/mol. The first-order chi connectivity index (χ1) is 14.4. The van der Waals surface area contributed by atoms with E-state index in [0.717, 1.165) is 23.3 Å². The Kier molecular flexibility index (Phi) is 7.52. The van der Waals surface area contributed by atoms with Crippen LogP contribution in [0.15, 0.2) is 60.5 Å². The average molecular weight is 452 g/mol. The molecule has 1 aliphatic carbocycles. The van der Waals surface area contributed by atoms with Gasteiger partial charge in [-0.25, -0.2) is 13.2 Å². The number of rotatable bonds is 9. The number of hydrogen-bond acceptors (Lipinski definition) is 7. The van der Waals surface area contributed by atoms with Crippen molar-refractivity contribution in [2.45, 2.75) is 31.7 Å². The highest BCUT2D eigenvalue weighted by atomic mass is 32.2. The number of nitrogens with zero attached hydrogens (tertiary/aromatic N) is 1. The van der Waals surface area contributed by atoms with Crippen molar-refractivity contribution in [3.8, 4) is 0 Å². The summed E-state index contributed by atoms with van der Waals surface area (Å²) in [4.78, 5) is 13.2. The van der Waals surface area contributed by atoms with Crippen LogP contribution < -0.4 is 0 Å². The third kappa shape index (κ3) is 5.62. The molecule has 0 spiro atoms. The SMILES string of the molecule is COC(=O)c1ccc(CCCN(C(C2=CC=CCC2)C2=COC=CO2)S(C)(=O)=O)s1. The number of sulfonamides is 1. The van der Waals surface area contributed by atoms with Crippen LogP contribution in [0.2, 0.25) is 0 Å². The van der Waals surface area contributed by atoms with Gasteiger partial charge >= 0.3 is 5.97 Å². The van der Waals surface area contributed by atoms with E-state index in [1.54, 1.807) is 6.07 Å². The molecule has 0 radical (unpaired) electrons. The number of methoxy groups -OCH3 is 1. The van der Waals surface area contributed by atoms with Crippen molar-refractivity contribution < 1.29 is 27.4 Å². The van der Waals surface area contributed by atoms with E-state index in [-0.39, 0.29) is 5.97 Å². The number of hydrogen-bond donors (Lipinski definition) is 0. The van der Waals surface area contributed by atoms with Gasteiger partial charge < -0.3 is 14.2 Å². The molecule has 1 aliphatic heterocycles. The standard InChI is InChI=1S/C21H25NO6S2/c1-26-21(23)19-11-10-17(29-19)9-6-12-22(30(2,24)25)20(16-7-4-3-5-8-16)18-15-27-13-14-28-18/h3-4,7,10-11,13-15,20H,5-6,8-9,12H2,1-2H3. The van der Waals surface area contributed by atoms with Crippen LogP contribution in [0.4, 0.5) is 0 Å². The fourth-order valence-electron chi connectivity index (χ4n) is 3.38. The summed E-state index contributed by atoms with van der Waals surface area (Å²) in [5.41, 5.74) is 0.956. The van der Waals surface area contributed by atoms with E-state index < -0.39 is 16.1 Å². The topological polar surface area (TPSA) is 82.1 Å². The zero-order chi connectivity index (χ0) is 21.6. The fourth-order valence-corrected chi connectivity index (χ4v) is 5.43. The van der Waals surface area contributed by atoms with Gasteiger partial charge in [0.1, 0.15) is 29.7 Å². The average Bonchev–Trinajstić information content (AvgIpc) is 3.22. The van der Waals surface area contributed by atoms with E-state index in [4.69, 9.17) is 14.2 Å². The minimum atomic E-state index is -3.53. The third-order valence-corrected chi connectivity index (χ3v) is 7.12. The molecule has 0 N–H and O–H groups in total. The molecule has 162 valence electrons. The maximum absolute atomic E-state index is 12.7. The Balaban J connectivity index is 1.78. The van der Waals surface area contributed by atoms with Gasteiger partial charge in [-0.1, -0.05) is 18.2 Å². The number of esters is 1. The van der Waals surface area contributed by atoms with Crippen LogP contribution in [-0.4, -0.2) is 44.6 Å². The van der Waals surface area contributed by atoms with Gasteiger partial charge in [0.2, 0.25) is 10.0 Å². The lowest BCUT2D eigenvalue weighted by atomic mass is 9.96. The van der Waals surface area contributed by atoms with Gasteiger partial charge in [-0.05, 0) is 43.4 Å².